The van der Waals surface area contributed by atoms with E-state index >= 15 is 0 Å². The summed E-state index contributed by atoms with van der Waals surface area (Å²) in [5, 5.41) is 2.81. The maximum atomic E-state index is 11.7. The van der Waals surface area contributed by atoms with Crippen LogP contribution in [-0.4, -0.2) is 44.2 Å². The SMILES string of the molecule is CNCCN(C)C(=O)CCC(F)(F)F.Cl. The Balaban J connectivity index is 0. The Bertz CT molecular complexity index is 187. The van der Waals surface area contributed by atoms with Crippen molar-refractivity contribution in [1.82, 2.24) is 10.2 Å². The Hall–Kier alpha value is -0.490. The minimum atomic E-state index is -4.25. The van der Waals surface area contributed by atoms with E-state index in [1.807, 2.05) is 0 Å². The molecular formula is C8H16ClF3N2O. The first-order chi connectivity index (χ1) is 6.37. The van der Waals surface area contributed by atoms with Crippen LogP contribution in [0.25, 0.3) is 0 Å². The molecule has 0 saturated heterocycles. The molecule has 0 atom stereocenters. The quantitative estimate of drug-likeness (QED) is 0.798. The van der Waals surface area contributed by atoms with Crippen molar-refractivity contribution in [3.8, 4) is 0 Å². The molecule has 0 rings (SSSR count). The number of carbonyl (C=O) groups is 1. The number of hydrogen-bond acceptors (Lipinski definition) is 2. The Morgan fingerprint density at radius 1 is 1.40 bits per heavy atom. The number of nitrogens with zero attached hydrogens (tertiary/aromatic N) is 1. The highest BCUT2D eigenvalue weighted by Crippen LogP contribution is 2.21. The van der Waals surface area contributed by atoms with Crippen molar-refractivity contribution in [2.45, 2.75) is 19.0 Å². The van der Waals surface area contributed by atoms with Crippen LogP contribution in [0.15, 0.2) is 0 Å². The molecule has 0 spiro atoms. The van der Waals surface area contributed by atoms with Crippen molar-refractivity contribution in [3.05, 3.63) is 0 Å². The maximum absolute atomic E-state index is 11.7. The average Bonchev–Trinajstić information content (AvgIpc) is 2.09. The van der Waals surface area contributed by atoms with Crippen LogP contribution in [0.4, 0.5) is 13.2 Å². The molecule has 0 unspecified atom stereocenters. The van der Waals surface area contributed by atoms with E-state index in [2.05, 4.69) is 5.32 Å². The zero-order valence-electron chi connectivity index (χ0n) is 8.73. The van der Waals surface area contributed by atoms with Gasteiger partial charge in [-0.3, -0.25) is 4.79 Å². The third-order valence-electron chi connectivity index (χ3n) is 1.75. The van der Waals surface area contributed by atoms with Gasteiger partial charge in [0.25, 0.3) is 0 Å². The van der Waals surface area contributed by atoms with Crippen LogP contribution < -0.4 is 5.32 Å². The zero-order valence-corrected chi connectivity index (χ0v) is 9.54. The fourth-order valence-electron chi connectivity index (χ4n) is 0.844. The van der Waals surface area contributed by atoms with Crippen LogP contribution in [0.5, 0.6) is 0 Å². The zero-order chi connectivity index (χ0) is 11.2. The molecule has 0 aromatic rings. The smallest absolute Gasteiger partial charge is 0.344 e. The van der Waals surface area contributed by atoms with E-state index in [0.29, 0.717) is 13.1 Å². The molecule has 0 radical (unpaired) electrons. The van der Waals surface area contributed by atoms with Gasteiger partial charge >= 0.3 is 6.18 Å². The summed E-state index contributed by atoms with van der Waals surface area (Å²) in [4.78, 5) is 12.4. The topological polar surface area (TPSA) is 32.3 Å². The molecule has 0 bridgehead atoms. The van der Waals surface area contributed by atoms with Crippen LogP contribution in [-0.2, 0) is 4.79 Å². The van der Waals surface area contributed by atoms with E-state index < -0.39 is 24.9 Å². The Labute approximate surface area is 93.4 Å². The largest absolute Gasteiger partial charge is 0.389 e. The van der Waals surface area contributed by atoms with Crippen LogP contribution >= 0.6 is 12.4 Å². The van der Waals surface area contributed by atoms with Crippen molar-refractivity contribution >= 4 is 18.3 Å². The first-order valence-corrected chi connectivity index (χ1v) is 4.32. The molecule has 1 N–H and O–H groups in total. The third kappa shape index (κ3) is 9.81. The molecule has 1 amide bonds. The lowest BCUT2D eigenvalue weighted by atomic mass is 10.3. The minimum absolute atomic E-state index is 0. The van der Waals surface area contributed by atoms with Crippen LogP contribution in [0, 0.1) is 0 Å². The first kappa shape index (κ1) is 16.9. The summed E-state index contributed by atoms with van der Waals surface area (Å²) < 4.78 is 35.2. The summed E-state index contributed by atoms with van der Waals surface area (Å²) in [5.74, 6) is -0.474. The van der Waals surface area contributed by atoms with Crippen molar-refractivity contribution in [2.75, 3.05) is 27.2 Å². The van der Waals surface area contributed by atoms with Crippen molar-refractivity contribution in [3.63, 3.8) is 0 Å². The lowest BCUT2D eigenvalue weighted by Gasteiger charge is -2.17. The van der Waals surface area contributed by atoms with E-state index in [9.17, 15) is 18.0 Å². The predicted octanol–water partition coefficient (Wildman–Crippen LogP) is 1.43. The first-order valence-electron chi connectivity index (χ1n) is 4.32. The number of amides is 1. The van der Waals surface area contributed by atoms with Gasteiger partial charge in [0, 0.05) is 26.6 Å². The normalized spacial score (nSPS) is 10.7. The summed E-state index contributed by atoms with van der Waals surface area (Å²) in [6.07, 6.45) is -5.76. The molecule has 7 heteroatoms. The molecule has 92 valence electrons. The Kier molecular flexibility index (Phi) is 8.75. The van der Waals surface area contributed by atoms with E-state index in [1.54, 1.807) is 7.05 Å². The van der Waals surface area contributed by atoms with Gasteiger partial charge in [0.2, 0.25) is 5.91 Å². The number of nitrogens with one attached hydrogen (secondary N) is 1. The molecule has 0 saturated carbocycles. The van der Waals surface area contributed by atoms with Gasteiger partial charge < -0.3 is 10.2 Å². The molecule has 0 aliphatic rings. The highest BCUT2D eigenvalue weighted by Gasteiger charge is 2.28. The summed E-state index contributed by atoms with van der Waals surface area (Å²) in [6.45, 7) is 1.00. The van der Waals surface area contributed by atoms with E-state index in [1.165, 1.54) is 11.9 Å². The van der Waals surface area contributed by atoms with Gasteiger partial charge in [-0.2, -0.15) is 13.2 Å². The van der Waals surface area contributed by atoms with Crippen LogP contribution in [0.2, 0.25) is 0 Å². The second-order valence-electron chi connectivity index (χ2n) is 3.03. The van der Waals surface area contributed by atoms with Gasteiger partial charge in [-0.15, -0.1) is 12.4 Å². The van der Waals surface area contributed by atoms with Gasteiger partial charge in [0.15, 0.2) is 0 Å². The van der Waals surface area contributed by atoms with Gasteiger partial charge in [0.1, 0.15) is 0 Å². The van der Waals surface area contributed by atoms with Crippen molar-refractivity contribution in [2.24, 2.45) is 0 Å². The minimum Gasteiger partial charge on any atom is -0.344 e. The Morgan fingerprint density at radius 3 is 2.33 bits per heavy atom. The molecule has 15 heavy (non-hydrogen) atoms. The lowest BCUT2D eigenvalue weighted by molar-refractivity contribution is -0.148. The summed E-state index contributed by atoms with van der Waals surface area (Å²) in [5.41, 5.74) is 0. The molecule has 3 nitrogen and oxygen atoms in total. The summed E-state index contributed by atoms with van der Waals surface area (Å²) in [6, 6.07) is 0. The number of halogens is 4. The summed E-state index contributed by atoms with van der Waals surface area (Å²) in [7, 11) is 3.21. The molecule has 0 aromatic heterocycles. The number of carbonyl (C=O) groups excluding carboxylic acids is 1. The lowest BCUT2D eigenvalue weighted by Crippen LogP contribution is -2.33. The molecule has 0 aromatic carbocycles. The van der Waals surface area contributed by atoms with Gasteiger partial charge in [-0.25, -0.2) is 0 Å². The van der Waals surface area contributed by atoms with Crippen molar-refractivity contribution < 1.29 is 18.0 Å². The van der Waals surface area contributed by atoms with Gasteiger partial charge in [-0.05, 0) is 7.05 Å². The fourth-order valence-corrected chi connectivity index (χ4v) is 0.844. The summed E-state index contributed by atoms with van der Waals surface area (Å²) >= 11 is 0. The molecule has 0 aliphatic heterocycles. The molecule has 0 fully saturated rings. The number of likely N-dealkylation sites (N-methyl/N-ethyl adjacent to an activating group) is 2. The monoisotopic (exact) mass is 248 g/mol. The second-order valence-corrected chi connectivity index (χ2v) is 3.03. The van der Waals surface area contributed by atoms with Gasteiger partial charge in [0.05, 0.1) is 6.42 Å². The number of alkyl halides is 3. The van der Waals surface area contributed by atoms with Gasteiger partial charge in [-0.1, -0.05) is 0 Å². The van der Waals surface area contributed by atoms with Crippen molar-refractivity contribution in [1.29, 1.82) is 0 Å². The second kappa shape index (κ2) is 7.76. The highest BCUT2D eigenvalue weighted by molar-refractivity contribution is 5.85. The Morgan fingerprint density at radius 2 is 1.93 bits per heavy atom. The van der Waals surface area contributed by atoms with E-state index in [0.717, 1.165) is 0 Å². The maximum Gasteiger partial charge on any atom is 0.389 e. The standard InChI is InChI=1S/C8H15F3N2O.ClH/c1-12-5-6-13(2)7(14)3-4-8(9,10)11;/h12H,3-6H2,1-2H3;1H. The van der Waals surface area contributed by atoms with E-state index in [-0.39, 0.29) is 12.4 Å². The van der Waals surface area contributed by atoms with E-state index in [4.69, 9.17) is 0 Å². The van der Waals surface area contributed by atoms with Crippen LogP contribution in [0.3, 0.4) is 0 Å². The fraction of sp³-hybridized carbons (Fsp3) is 0.875. The number of rotatable bonds is 5. The molecule has 0 aliphatic carbocycles. The predicted molar refractivity (Wildman–Crippen MR) is 54.1 cm³/mol. The number of hydrogen-bond donors (Lipinski definition) is 1. The highest BCUT2D eigenvalue weighted by atomic mass is 35.5. The molecule has 0 heterocycles. The van der Waals surface area contributed by atoms with Crippen LogP contribution in [0.1, 0.15) is 12.8 Å². The average molecular weight is 249 g/mol. The third-order valence-corrected chi connectivity index (χ3v) is 1.75. The molecular weight excluding hydrogens is 233 g/mol.